The molecule has 172 valence electrons. The molecule has 7 nitrogen and oxygen atoms in total. The fourth-order valence-electron chi connectivity index (χ4n) is 2.58. The van der Waals surface area contributed by atoms with Crippen LogP contribution in [0, 0.1) is 0 Å². The van der Waals surface area contributed by atoms with Crippen molar-refractivity contribution >= 4 is 16.4 Å². The first-order chi connectivity index (χ1) is 13.7. The maximum atomic E-state index is 11.3. The van der Waals surface area contributed by atoms with Gasteiger partial charge < -0.3 is 9.84 Å². The molecule has 0 aromatic carbocycles. The molecule has 0 aromatic rings. The average Bonchev–Trinajstić information content (AvgIpc) is 2.63. The lowest BCUT2D eigenvalue weighted by atomic mass is 10.1. The Morgan fingerprint density at radius 3 is 2.21 bits per heavy atom. The standard InChI is InChI=1S/C21H38O3.H2O4S/c1-3-5-6-13-16-20(22)17-14-11-9-7-8-10-12-15-18-21(23)24-19-4-2;1-5(2,3)4/h4,11,14,20,22H,2-3,5-10,12-13,15-19H2,1H3;(H2,1,2,3,4)/b14-11-;/t20-;/m1./s1. The number of aliphatic hydroxyl groups is 1. The highest BCUT2D eigenvalue weighted by Crippen LogP contribution is 2.10. The number of allylic oxidation sites excluding steroid dienone is 1. The van der Waals surface area contributed by atoms with Crippen LogP contribution >= 0.6 is 0 Å². The van der Waals surface area contributed by atoms with Crippen LogP contribution in [-0.4, -0.2) is 41.3 Å². The van der Waals surface area contributed by atoms with E-state index in [2.05, 4.69) is 25.7 Å². The summed E-state index contributed by atoms with van der Waals surface area (Å²) in [6, 6.07) is 0. The van der Waals surface area contributed by atoms with Crippen molar-refractivity contribution in [1.82, 2.24) is 0 Å². The molecule has 0 saturated carbocycles. The van der Waals surface area contributed by atoms with Gasteiger partial charge in [0.05, 0.1) is 6.10 Å². The third-order valence-electron chi connectivity index (χ3n) is 4.08. The molecule has 0 saturated heterocycles. The molecule has 0 radical (unpaired) electrons. The maximum absolute atomic E-state index is 11.3. The summed E-state index contributed by atoms with van der Waals surface area (Å²) in [4.78, 5) is 11.3. The van der Waals surface area contributed by atoms with Crippen molar-refractivity contribution in [1.29, 1.82) is 0 Å². The molecule has 0 amide bonds. The predicted octanol–water partition coefficient (Wildman–Crippen LogP) is 5.07. The molecule has 0 heterocycles. The Hall–Kier alpha value is -1.22. The Balaban J connectivity index is 0. The summed E-state index contributed by atoms with van der Waals surface area (Å²) in [5.41, 5.74) is 0. The third kappa shape index (κ3) is 34.7. The molecule has 0 aliphatic rings. The summed E-state index contributed by atoms with van der Waals surface area (Å²) < 4.78 is 36.5. The zero-order valence-corrected chi connectivity index (χ0v) is 18.6. The van der Waals surface area contributed by atoms with Gasteiger partial charge in [-0.05, 0) is 32.1 Å². The topological polar surface area (TPSA) is 121 Å². The van der Waals surface area contributed by atoms with E-state index in [4.69, 9.17) is 22.3 Å². The Morgan fingerprint density at radius 1 is 1.00 bits per heavy atom. The summed E-state index contributed by atoms with van der Waals surface area (Å²) in [6.45, 7) is 6.04. The predicted molar refractivity (Wildman–Crippen MR) is 116 cm³/mol. The number of rotatable bonds is 17. The minimum atomic E-state index is -4.67. The van der Waals surface area contributed by atoms with Crippen LogP contribution in [0.15, 0.2) is 24.8 Å². The largest absolute Gasteiger partial charge is 0.461 e. The monoisotopic (exact) mass is 436 g/mol. The lowest BCUT2D eigenvalue weighted by Gasteiger charge is -2.07. The Kier molecular flexibility index (Phi) is 22.2. The SMILES string of the molecule is C=CCOC(=O)CCCCCCC/C=C\C[C@H](O)CCCCCC.O=S(=O)(O)O. The summed E-state index contributed by atoms with van der Waals surface area (Å²) in [7, 11) is -4.67. The molecule has 0 rings (SSSR count). The van der Waals surface area contributed by atoms with E-state index in [1.54, 1.807) is 6.08 Å². The van der Waals surface area contributed by atoms with Gasteiger partial charge in [-0.15, -0.1) is 0 Å². The van der Waals surface area contributed by atoms with Gasteiger partial charge in [0.25, 0.3) is 0 Å². The van der Waals surface area contributed by atoms with E-state index >= 15 is 0 Å². The molecular formula is C21H40O7S. The van der Waals surface area contributed by atoms with Crippen molar-refractivity contribution in [2.45, 2.75) is 96.5 Å². The van der Waals surface area contributed by atoms with Crippen LogP contribution in [0.2, 0.25) is 0 Å². The first-order valence-electron chi connectivity index (χ1n) is 10.5. The second-order valence-corrected chi connectivity index (χ2v) is 7.83. The Bertz CT molecular complexity index is 507. The molecule has 29 heavy (non-hydrogen) atoms. The van der Waals surface area contributed by atoms with Gasteiger partial charge in [0, 0.05) is 6.42 Å². The van der Waals surface area contributed by atoms with Crippen molar-refractivity contribution < 1.29 is 32.2 Å². The number of esters is 1. The van der Waals surface area contributed by atoms with Crippen molar-refractivity contribution in [3.8, 4) is 0 Å². The lowest BCUT2D eigenvalue weighted by molar-refractivity contribution is -0.142. The van der Waals surface area contributed by atoms with E-state index in [9.17, 15) is 9.90 Å². The number of carbonyl (C=O) groups is 1. The first-order valence-corrected chi connectivity index (χ1v) is 11.9. The number of hydrogen-bond acceptors (Lipinski definition) is 5. The van der Waals surface area contributed by atoms with E-state index in [0.29, 0.717) is 13.0 Å². The van der Waals surface area contributed by atoms with Gasteiger partial charge in [-0.3, -0.25) is 13.9 Å². The molecule has 1 atom stereocenters. The fraction of sp³-hybridized carbons (Fsp3) is 0.762. The number of hydrogen-bond donors (Lipinski definition) is 3. The van der Waals surface area contributed by atoms with Crippen LogP contribution in [0.4, 0.5) is 0 Å². The molecule has 0 fully saturated rings. The number of carbonyl (C=O) groups excluding carboxylic acids is 1. The minimum absolute atomic E-state index is 0.119. The molecule has 0 spiro atoms. The number of aliphatic hydroxyl groups excluding tert-OH is 1. The summed E-state index contributed by atoms with van der Waals surface area (Å²) in [5.74, 6) is -0.119. The van der Waals surface area contributed by atoms with Gasteiger partial charge in [0.15, 0.2) is 0 Å². The van der Waals surface area contributed by atoms with Crippen LogP contribution in [0.5, 0.6) is 0 Å². The average molecular weight is 437 g/mol. The number of unbranched alkanes of at least 4 members (excludes halogenated alkanes) is 8. The minimum Gasteiger partial charge on any atom is -0.461 e. The van der Waals surface area contributed by atoms with Gasteiger partial charge in [0.2, 0.25) is 0 Å². The van der Waals surface area contributed by atoms with E-state index in [-0.39, 0.29) is 12.1 Å². The van der Waals surface area contributed by atoms with Crippen LogP contribution in [0.25, 0.3) is 0 Å². The Labute approximate surface area is 176 Å². The molecular weight excluding hydrogens is 396 g/mol. The molecule has 0 aromatic heterocycles. The van der Waals surface area contributed by atoms with Crippen LogP contribution in [0.3, 0.4) is 0 Å². The third-order valence-corrected chi connectivity index (χ3v) is 4.08. The number of ether oxygens (including phenoxy) is 1. The molecule has 0 unspecified atom stereocenters. The van der Waals surface area contributed by atoms with Crippen molar-refractivity contribution in [2.24, 2.45) is 0 Å². The molecule has 0 bridgehead atoms. The highest BCUT2D eigenvalue weighted by molar-refractivity contribution is 7.79. The highest BCUT2D eigenvalue weighted by Gasteiger charge is 2.01. The van der Waals surface area contributed by atoms with Crippen molar-refractivity contribution in [3.63, 3.8) is 0 Å². The normalized spacial score (nSPS) is 12.3. The quantitative estimate of drug-likeness (QED) is 0.126. The zero-order chi connectivity index (χ0) is 22.4. The highest BCUT2D eigenvalue weighted by atomic mass is 32.3. The van der Waals surface area contributed by atoms with Crippen LogP contribution < -0.4 is 0 Å². The van der Waals surface area contributed by atoms with Gasteiger partial charge in [0.1, 0.15) is 6.61 Å². The van der Waals surface area contributed by atoms with E-state index in [1.165, 1.54) is 38.5 Å². The summed E-state index contributed by atoms with van der Waals surface area (Å²) in [5, 5.41) is 9.85. The second kappa shape index (κ2) is 21.5. The molecule has 0 aliphatic heterocycles. The van der Waals surface area contributed by atoms with E-state index < -0.39 is 10.4 Å². The summed E-state index contributed by atoms with van der Waals surface area (Å²) >= 11 is 0. The van der Waals surface area contributed by atoms with Crippen LogP contribution in [-0.2, 0) is 19.9 Å². The van der Waals surface area contributed by atoms with E-state index in [1.807, 2.05) is 0 Å². The van der Waals surface area contributed by atoms with Crippen LogP contribution in [0.1, 0.15) is 90.4 Å². The second-order valence-electron chi connectivity index (χ2n) is 6.94. The first kappa shape index (κ1) is 30.0. The van der Waals surface area contributed by atoms with Gasteiger partial charge in [-0.2, -0.15) is 8.42 Å². The zero-order valence-electron chi connectivity index (χ0n) is 17.8. The molecule has 3 N–H and O–H groups in total. The van der Waals surface area contributed by atoms with Crippen molar-refractivity contribution in [2.75, 3.05) is 6.61 Å². The van der Waals surface area contributed by atoms with Crippen molar-refractivity contribution in [3.05, 3.63) is 24.8 Å². The van der Waals surface area contributed by atoms with Gasteiger partial charge in [-0.25, -0.2) is 0 Å². The fourth-order valence-corrected chi connectivity index (χ4v) is 2.58. The maximum Gasteiger partial charge on any atom is 0.394 e. The molecule has 0 aliphatic carbocycles. The van der Waals surface area contributed by atoms with E-state index in [0.717, 1.165) is 38.5 Å². The summed E-state index contributed by atoms with van der Waals surface area (Å²) in [6.07, 6.45) is 19.5. The molecule has 8 heteroatoms. The van der Waals surface area contributed by atoms with Gasteiger partial charge >= 0.3 is 16.4 Å². The smallest absolute Gasteiger partial charge is 0.394 e. The lowest BCUT2D eigenvalue weighted by Crippen LogP contribution is -2.04. The van der Waals surface area contributed by atoms with Gasteiger partial charge in [-0.1, -0.05) is 76.7 Å². The Morgan fingerprint density at radius 2 is 1.59 bits per heavy atom.